The first-order valence-electron chi connectivity index (χ1n) is 7.30. The summed E-state index contributed by atoms with van der Waals surface area (Å²) >= 11 is 0. The number of nitrogens with two attached hydrogens (primary N) is 1. The summed E-state index contributed by atoms with van der Waals surface area (Å²) in [7, 11) is 0. The van der Waals surface area contributed by atoms with E-state index in [9.17, 15) is 0 Å². The molecule has 1 aliphatic heterocycles. The molecule has 18 heavy (non-hydrogen) atoms. The van der Waals surface area contributed by atoms with Crippen LogP contribution in [0.25, 0.3) is 0 Å². The first kappa shape index (κ1) is 11.9. The van der Waals surface area contributed by atoms with E-state index in [0.29, 0.717) is 5.41 Å². The zero-order valence-corrected chi connectivity index (χ0v) is 11.4. The van der Waals surface area contributed by atoms with E-state index in [1.165, 1.54) is 62.9 Å². The maximum absolute atomic E-state index is 5.91. The van der Waals surface area contributed by atoms with Crippen LogP contribution in [0.3, 0.4) is 0 Å². The van der Waals surface area contributed by atoms with Crippen LogP contribution in [0.1, 0.15) is 44.1 Å². The van der Waals surface area contributed by atoms with Crippen LogP contribution in [-0.2, 0) is 0 Å². The molecule has 98 valence electrons. The molecule has 2 N–H and O–H groups in total. The largest absolute Gasteiger partial charge is 0.399 e. The minimum absolute atomic E-state index is 0.632. The Morgan fingerprint density at radius 2 is 1.89 bits per heavy atom. The number of rotatable bonds is 1. The minimum atomic E-state index is 0.632. The van der Waals surface area contributed by atoms with Gasteiger partial charge in [0.2, 0.25) is 0 Å². The third-order valence-electron chi connectivity index (χ3n) is 4.97. The molecule has 0 amide bonds. The molecule has 1 heterocycles. The van der Waals surface area contributed by atoms with E-state index in [4.69, 9.17) is 5.73 Å². The highest BCUT2D eigenvalue weighted by atomic mass is 15.2. The smallest absolute Gasteiger partial charge is 0.0370 e. The first-order chi connectivity index (χ1) is 8.69. The summed E-state index contributed by atoms with van der Waals surface area (Å²) in [5.41, 5.74) is 10.0. The van der Waals surface area contributed by atoms with Gasteiger partial charge in [0, 0.05) is 24.5 Å². The monoisotopic (exact) mass is 244 g/mol. The van der Waals surface area contributed by atoms with Gasteiger partial charge in [0.1, 0.15) is 0 Å². The molecule has 0 radical (unpaired) electrons. The summed E-state index contributed by atoms with van der Waals surface area (Å²) in [6.07, 6.45) is 8.59. The van der Waals surface area contributed by atoms with Crippen molar-refractivity contribution in [2.24, 2.45) is 5.41 Å². The van der Waals surface area contributed by atoms with Gasteiger partial charge in [-0.1, -0.05) is 19.3 Å². The Labute approximate surface area is 110 Å². The van der Waals surface area contributed by atoms with E-state index in [1.807, 2.05) is 0 Å². The fourth-order valence-corrected chi connectivity index (χ4v) is 3.72. The summed E-state index contributed by atoms with van der Waals surface area (Å²) in [4.78, 5) is 2.57. The third-order valence-corrected chi connectivity index (χ3v) is 4.97. The van der Waals surface area contributed by atoms with Crippen LogP contribution in [0.5, 0.6) is 0 Å². The number of hydrogen-bond donors (Lipinski definition) is 1. The Morgan fingerprint density at radius 1 is 1.11 bits per heavy atom. The number of nitrogens with zero attached hydrogens (tertiary/aromatic N) is 1. The van der Waals surface area contributed by atoms with Gasteiger partial charge in [0.15, 0.2) is 0 Å². The third kappa shape index (κ3) is 2.09. The summed E-state index contributed by atoms with van der Waals surface area (Å²) in [5.74, 6) is 0. The lowest BCUT2D eigenvalue weighted by Gasteiger charge is -2.33. The van der Waals surface area contributed by atoms with Gasteiger partial charge in [0.25, 0.3) is 0 Å². The molecule has 1 aliphatic carbocycles. The Kier molecular flexibility index (Phi) is 2.96. The van der Waals surface area contributed by atoms with Crippen molar-refractivity contribution in [1.82, 2.24) is 0 Å². The molecule has 3 rings (SSSR count). The average molecular weight is 244 g/mol. The van der Waals surface area contributed by atoms with E-state index in [-0.39, 0.29) is 0 Å². The molecular weight excluding hydrogens is 220 g/mol. The molecule has 0 unspecified atom stereocenters. The second-order valence-electron chi connectivity index (χ2n) is 6.27. The van der Waals surface area contributed by atoms with E-state index < -0.39 is 0 Å². The molecule has 2 fully saturated rings. The van der Waals surface area contributed by atoms with Crippen molar-refractivity contribution in [2.45, 2.75) is 45.4 Å². The predicted octanol–water partition coefficient (Wildman–Crippen LogP) is 3.74. The van der Waals surface area contributed by atoms with Crippen molar-refractivity contribution in [3.63, 3.8) is 0 Å². The van der Waals surface area contributed by atoms with E-state index in [2.05, 4.69) is 30.0 Å². The Bertz CT molecular complexity index is 433. The van der Waals surface area contributed by atoms with Gasteiger partial charge in [-0.05, 0) is 55.4 Å². The molecule has 1 saturated heterocycles. The molecule has 2 aliphatic rings. The molecule has 1 aromatic rings. The SMILES string of the molecule is Cc1cc(N2CCC3(CCCCC3)C2)ccc1N. The van der Waals surface area contributed by atoms with E-state index in [1.54, 1.807) is 0 Å². The maximum Gasteiger partial charge on any atom is 0.0370 e. The van der Waals surface area contributed by atoms with Crippen molar-refractivity contribution in [1.29, 1.82) is 0 Å². The van der Waals surface area contributed by atoms with Crippen LogP contribution < -0.4 is 10.6 Å². The highest BCUT2D eigenvalue weighted by molar-refractivity contribution is 5.58. The van der Waals surface area contributed by atoms with Crippen LogP contribution in [0.2, 0.25) is 0 Å². The van der Waals surface area contributed by atoms with Crippen LogP contribution >= 0.6 is 0 Å². The highest BCUT2D eigenvalue weighted by Crippen LogP contribution is 2.44. The quantitative estimate of drug-likeness (QED) is 0.763. The van der Waals surface area contributed by atoms with Gasteiger partial charge in [0.05, 0.1) is 0 Å². The lowest BCUT2D eigenvalue weighted by atomic mass is 9.73. The molecule has 2 heteroatoms. The van der Waals surface area contributed by atoms with Crippen molar-refractivity contribution in [3.8, 4) is 0 Å². The van der Waals surface area contributed by atoms with Gasteiger partial charge in [-0.15, -0.1) is 0 Å². The van der Waals surface area contributed by atoms with Gasteiger partial charge >= 0.3 is 0 Å². The van der Waals surface area contributed by atoms with E-state index >= 15 is 0 Å². The second-order valence-corrected chi connectivity index (χ2v) is 6.27. The Morgan fingerprint density at radius 3 is 2.61 bits per heavy atom. The molecule has 1 saturated carbocycles. The van der Waals surface area contributed by atoms with Crippen molar-refractivity contribution >= 4 is 11.4 Å². The summed E-state index contributed by atoms with van der Waals surface area (Å²) in [6, 6.07) is 6.48. The fourth-order valence-electron chi connectivity index (χ4n) is 3.72. The number of nitrogen functional groups attached to an aromatic ring is 1. The normalized spacial score (nSPS) is 22.6. The highest BCUT2D eigenvalue weighted by Gasteiger charge is 2.38. The Balaban J connectivity index is 1.76. The molecule has 0 atom stereocenters. The number of hydrogen-bond acceptors (Lipinski definition) is 2. The van der Waals surface area contributed by atoms with Gasteiger partial charge in [-0.3, -0.25) is 0 Å². The second kappa shape index (κ2) is 4.49. The number of benzene rings is 1. The zero-order chi connectivity index (χ0) is 12.6. The Hall–Kier alpha value is -1.18. The standard InChI is InChI=1S/C16H24N2/c1-13-11-14(5-6-15(13)17)18-10-9-16(12-18)7-3-2-4-8-16/h5-6,11H,2-4,7-10,12,17H2,1H3. The van der Waals surface area contributed by atoms with E-state index in [0.717, 1.165) is 5.69 Å². The molecule has 1 aromatic carbocycles. The summed E-state index contributed by atoms with van der Waals surface area (Å²) in [6.45, 7) is 4.59. The van der Waals surface area contributed by atoms with Crippen molar-refractivity contribution < 1.29 is 0 Å². The number of anilines is 2. The molecule has 2 nitrogen and oxygen atoms in total. The van der Waals surface area contributed by atoms with Crippen LogP contribution in [0.4, 0.5) is 11.4 Å². The number of aryl methyl sites for hydroxylation is 1. The summed E-state index contributed by atoms with van der Waals surface area (Å²) < 4.78 is 0. The van der Waals surface area contributed by atoms with Gasteiger partial charge in [-0.2, -0.15) is 0 Å². The molecule has 0 aromatic heterocycles. The molecule has 1 spiro atoms. The fraction of sp³-hybridized carbons (Fsp3) is 0.625. The average Bonchev–Trinajstić information content (AvgIpc) is 2.78. The lowest BCUT2D eigenvalue weighted by Crippen LogP contribution is -2.29. The van der Waals surface area contributed by atoms with Gasteiger partial charge < -0.3 is 10.6 Å². The van der Waals surface area contributed by atoms with Crippen molar-refractivity contribution in [3.05, 3.63) is 23.8 Å². The lowest BCUT2D eigenvalue weighted by molar-refractivity contribution is 0.219. The van der Waals surface area contributed by atoms with Crippen molar-refractivity contribution in [2.75, 3.05) is 23.7 Å². The topological polar surface area (TPSA) is 29.3 Å². The minimum Gasteiger partial charge on any atom is -0.399 e. The van der Waals surface area contributed by atoms with Crippen LogP contribution in [0.15, 0.2) is 18.2 Å². The maximum atomic E-state index is 5.91. The first-order valence-corrected chi connectivity index (χ1v) is 7.30. The summed E-state index contributed by atoms with van der Waals surface area (Å²) in [5, 5.41) is 0. The predicted molar refractivity (Wildman–Crippen MR) is 77.9 cm³/mol. The molecular formula is C16H24N2. The van der Waals surface area contributed by atoms with Crippen LogP contribution in [0, 0.1) is 12.3 Å². The molecule has 0 bridgehead atoms. The zero-order valence-electron chi connectivity index (χ0n) is 11.4. The van der Waals surface area contributed by atoms with Gasteiger partial charge in [-0.25, -0.2) is 0 Å². The van der Waals surface area contributed by atoms with Crippen LogP contribution in [-0.4, -0.2) is 13.1 Å².